The molecule has 1 saturated heterocycles. The Morgan fingerprint density at radius 3 is 2.22 bits per heavy atom. The van der Waals surface area contributed by atoms with Gasteiger partial charge >= 0.3 is 0 Å². The van der Waals surface area contributed by atoms with Crippen molar-refractivity contribution in [1.82, 2.24) is 0 Å². The lowest BCUT2D eigenvalue weighted by Crippen LogP contribution is -2.48. The first kappa shape index (κ1) is 24.8. The maximum absolute atomic E-state index is 15.8. The normalized spacial score (nSPS) is 21.5. The molecule has 200 valence electrons. The minimum atomic E-state index is -1.85. The highest BCUT2D eigenvalue weighted by molar-refractivity contribution is 6.32. The van der Waals surface area contributed by atoms with Gasteiger partial charge in [-0.2, -0.15) is 0 Å². The van der Waals surface area contributed by atoms with Crippen molar-refractivity contribution in [3.63, 3.8) is 0 Å². The molecule has 0 amide bonds. The van der Waals surface area contributed by atoms with E-state index in [2.05, 4.69) is 0 Å². The molecule has 0 N–H and O–H groups in total. The molecule has 1 spiro atoms. The average molecular weight is 545 g/mol. The number of non-ortho nitro benzene ring substituents is 1. The molecule has 1 aliphatic carbocycles. The number of rotatable bonds is 4. The van der Waals surface area contributed by atoms with Crippen LogP contribution in [0, 0.1) is 21.3 Å². The summed E-state index contributed by atoms with van der Waals surface area (Å²) in [5, 5.41) is 11.6. The van der Waals surface area contributed by atoms with E-state index >= 15 is 4.39 Å². The van der Waals surface area contributed by atoms with Crippen LogP contribution in [-0.2, 0) is 0 Å². The van der Waals surface area contributed by atoms with Crippen molar-refractivity contribution in [2.45, 2.75) is 18.0 Å². The van der Waals surface area contributed by atoms with Gasteiger partial charge in [-0.3, -0.25) is 24.5 Å². The molecular weight excluding hydrogens is 523 g/mol. The van der Waals surface area contributed by atoms with Crippen LogP contribution in [0.25, 0.3) is 6.08 Å². The summed E-state index contributed by atoms with van der Waals surface area (Å²) in [6.45, 7) is 0. The van der Waals surface area contributed by atoms with Crippen LogP contribution in [0.4, 0.5) is 15.8 Å². The molecule has 0 unspecified atom stereocenters. The first-order valence-electron chi connectivity index (χ1n) is 13.1. The van der Waals surface area contributed by atoms with Crippen molar-refractivity contribution < 1.29 is 23.7 Å². The van der Waals surface area contributed by atoms with E-state index in [9.17, 15) is 24.5 Å². The van der Waals surface area contributed by atoms with E-state index < -0.39 is 51.5 Å². The zero-order valence-electron chi connectivity index (χ0n) is 21.4. The largest absolute Gasteiger partial charge is 0.352 e. The van der Waals surface area contributed by atoms with Gasteiger partial charge in [-0.15, -0.1) is 0 Å². The fraction of sp³-hybridized carbons (Fsp3) is 0.121. The fourth-order valence-corrected chi connectivity index (χ4v) is 6.93. The molecule has 4 aromatic carbocycles. The van der Waals surface area contributed by atoms with Gasteiger partial charge in [0, 0.05) is 40.4 Å². The summed E-state index contributed by atoms with van der Waals surface area (Å²) in [7, 11) is 0. The number of benzene rings is 4. The molecule has 0 radical (unpaired) electrons. The highest BCUT2D eigenvalue weighted by Gasteiger charge is 2.71. The van der Waals surface area contributed by atoms with Crippen molar-refractivity contribution in [3.05, 3.63) is 147 Å². The van der Waals surface area contributed by atoms with Gasteiger partial charge < -0.3 is 4.90 Å². The summed E-state index contributed by atoms with van der Waals surface area (Å²) in [6.07, 6.45) is 3.57. The summed E-state index contributed by atoms with van der Waals surface area (Å²) in [5.41, 5.74) is -0.198. The van der Waals surface area contributed by atoms with Gasteiger partial charge in [0.2, 0.25) is 0 Å². The Labute approximate surface area is 233 Å². The standard InChI is InChI=1S/C33H21FN2O5/c34-25-14-5-4-13-24(25)28-29(30(37)20-9-7-10-21(18-20)36(40)41)35-26-15-6-1-8-19(26)16-17-27(35)33(28)31(38)22-11-2-3-12-23(22)32(33)39/h1-18,27-29H/t27-,28-,29+/m1/s1. The second-order valence-electron chi connectivity index (χ2n) is 10.5. The van der Waals surface area contributed by atoms with Gasteiger partial charge in [-0.25, -0.2) is 4.39 Å². The van der Waals surface area contributed by atoms with Gasteiger partial charge in [0.15, 0.2) is 17.3 Å². The number of anilines is 1. The lowest BCUT2D eigenvalue weighted by atomic mass is 9.64. The summed E-state index contributed by atoms with van der Waals surface area (Å²) >= 11 is 0. The van der Waals surface area contributed by atoms with Gasteiger partial charge in [-0.1, -0.05) is 84.9 Å². The van der Waals surface area contributed by atoms with E-state index in [-0.39, 0.29) is 27.9 Å². The Hall–Kier alpha value is -5.24. The molecule has 0 bridgehead atoms. The molecule has 2 aliphatic heterocycles. The predicted octanol–water partition coefficient (Wildman–Crippen LogP) is 6.05. The number of hydrogen-bond donors (Lipinski definition) is 0. The Bertz CT molecular complexity index is 1810. The number of carbonyl (C=O) groups is 3. The number of para-hydroxylation sites is 1. The summed E-state index contributed by atoms with van der Waals surface area (Å²) < 4.78 is 15.8. The third kappa shape index (κ3) is 3.27. The number of nitro groups is 1. The first-order chi connectivity index (χ1) is 19.9. The number of nitrogens with zero attached hydrogens (tertiary/aromatic N) is 2. The number of fused-ring (bicyclic) bond motifs is 5. The maximum Gasteiger partial charge on any atom is 0.270 e. The van der Waals surface area contributed by atoms with Crippen LogP contribution in [0.2, 0.25) is 0 Å². The minimum absolute atomic E-state index is 0.0313. The molecule has 7 rings (SSSR count). The van der Waals surface area contributed by atoms with Crippen molar-refractivity contribution in [3.8, 4) is 0 Å². The molecule has 7 nitrogen and oxygen atoms in total. The van der Waals surface area contributed by atoms with E-state index in [1.54, 1.807) is 53.4 Å². The summed E-state index contributed by atoms with van der Waals surface area (Å²) in [5.74, 6) is -3.38. The number of hydrogen-bond acceptors (Lipinski definition) is 6. The fourth-order valence-electron chi connectivity index (χ4n) is 6.93. The van der Waals surface area contributed by atoms with Crippen LogP contribution in [0.15, 0.2) is 103 Å². The quantitative estimate of drug-likeness (QED) is 0.134. The second kappa shape index (κ2) is 8.89. The van der Waals surface area contributed by atoms with E-state index in [0.29, 0.717) is 5.69 Å². The smallest absolute Gasteiger partial charge is 0.270 e. The molecular formula is C33H21FN2O5. The SMILES string of the molecule is O=C(c1cccc([N+](=O)[O-])c1)[C@@H]1[C@@H](c2ccccc2F)C2(C(=O)c3ccccc3C2=O)[C@H]2C=Cc3ccccc3N12. The Morgan fingerprint density at radius 1 is 0.854 bits per heavy atom. The van der Waals surface area contributed by atoms with Crippen molar-refractivity contribution >= 4 is 34.8 Å². The van der Waals surface area contributed by atoms with Crippen molar-refractivity contribution in [1.29, 1.82) is 0 Å². The van der Waals surface area contributed by atoms with Gasteiger partial charge in [0.1, 0.15) is 17.3 Å². The van der Waals surface area contributed by atoms with Crippen LogP contribution >= 0.6 is 0 Å². The van der Waals surface area contributed by atoms with E-state index in [4.69, 9.17) is 0 Å². The number of Topliss-reactive ketones (excluding diaryl/α,β-unsaturated/α-hetero) is 3. The van der Waals surface area contributed by atoms with E-state index in [1.165, 1.54) is 42.5 Å². The van der Waals surface area contributed by atoms with Crippen LogP contribution in [-0.4, -0.2) is 34.4 Å². The maximum atomic E-state index is 15.8. The predicted molar refractivity (Wildman–Crippen MR) is 150 cm³/mol. The van der Waals surface area contributed by atoms with Crippen molar-refractivity contribution in [2.24, 2.45) is 5.41 Å². The molecule has 8 heteroatoms. The Balaban J connectivity index is 1.55. The van der Waals surface area contributed by atoms with Crippen LogP contribution in [0.1, 0.15) is 48.1 Å². The van der Waals surface area contributed by atoms with E-state index in [1.807, 2.05) is 18.2 Å². The lowest BCUT2D eigenvalue weighted by molar-refractivity contribution is -0.384. The zero-order chi connectivity index (χ0) is 28.5. The Morgan fingerprint density at radius 2 is 1.51 bits per heavy atom. The van der Waals surface area contributed by atoms with Crippen molar-refractivity contribution in [2.75, 3.05) is 4.90 Å². The number of carbonyl (C=O) groups excluding carboxylic acids is 3. The first-order valence-corrected chi connectivity index (χ1v) is 13.1. The second-order valence-corrected chi connectivity index (χ2v) is 10.5. The number of ketones is 3. The summed E-state index contributed by atoms with van der Waals surface area (Å²) in [4.78, 5) is 56.4. The van der Waals surface area contributed by atoms with Crippen LogP contribution < -0.4 is 4.90 Å². The highest BCUT2D eigenvalue weighted by Crippen LogP contribution is 2.61. The Kier molecular flexibility index (Phi) is 5.37. The zero-order valence-corrected chi connectivity index (χ0v) is 21.4. The molecule has 1 fully saturated rings. The highest BCUT2D eigenvalue weighted by atomic mass is 19.1. The molecule has 4 aromatic rings. The van der Waals surface area contributed by atoms with E-state index in [0.717, 1.165) is 5.56 Å². The molecule has 41 heavy (non-hydrogen) atoms. The molecule has 0 aromatic heterocycles. The minimum Gasteiger partial charge on any atom is -0.352 e. The monoisotopic (exact) mass is 544 g/mol. The topological polar surface area (TPSA) is 97.6 Å². The molecule has 3 aliphatic rings. The number of halogens is 1. The molecule has 2 heterocycles. The summed E-state index contributed by atoms with van der Waals surface area (Å²) in [6, 6.07) is 22.9. The van der Waals surface area contributed by atoms with Crippen LogP contribution in [0.5, 0.6) is 0 Å². The lowest BCUT2D eigenvalue weighted by Gasteiger charge is -2.37. The van der Waals surface area contributed by atoms with Gasteiger partial charge in [0.25, 0.3) is 5.69 Å². The van der Waals surface area contributed by atoms with Gasteiger partial charge in [-0.05, 0) is 23.3 Å². The molecule has 0 saturated carbocycles. The third-order valence-corrected chi connectivity index (χ3v) is 8.56. The van der Waals surface area contributed by atoms with Gasteiger partial charge in [0.05, 0.1) is 11.0 Å². The van der Waals surface area contributed by atoms with Crippen LogP contribution in [0.3, 0.4) is 0 Å². The average Bonchev–Trinajstić information content (AvgIpc) is 3.43. The number of nitro benzene ring substituents is 1. The third-order valence-electron chi connectivity index (χ3n) is 8.56. The molecule has 3 atom stereocenters.